The van der Waals surface area contributed by atoms with Crippen LogP contribution in [-0.4, -0.2) is 38.0 Å². The molecule has 128 valence electrons. The van der Waals surface area contributed by atoms with Crippen molar-refractivity contribution in [1.82, 2.24) is 9.88 Å². The van der Waals surface area contributed by atoms with Crippen LogP contribution >= 0.6 is 0 Å². The van der Waals surface area contributed by atoms with E-state index >= 15 is 0 Å². The Labute approximate surface area is 138 Å². The summed E-state index contributed by atoms with van der Waals surface area (Å²) in [6.07, 6.45) is -1.19. The fourth-order valence-corrected chi connectivity index (χ4v) is 2.37. The SMILES string of the molecule is CC(=CC(=O)c1c(O)c2ccccc2n(C)c1=O)NC(O)C(C)O. The topological polar surface area (TPSA) is 112 Å². The maximum Gasteiger partial charge on any atom is 0.265 e. The molecule has 0 fully saturated rings. The van der Waals surface area contributed by atoms with Crippen LogP contribution < -0.4 is 10.9 Å². The lowest BCUT2D eigenvalue weighted by Gasteiger charge is -2.17. The zero-order valence-electron chi connectivity index (χ0n) is 13.6. The number of aromatic nitrogens is 1. The van der Waals surface area contributed by atoms with Gasteiger partial charge in [0.05, 0.1) is 11.6 Å². The van der Waals surface area contributed by atoms with Crippen molar-refractivity contribution in [3.8, 4) is 5.75 Å². The van der Waals surface area contributed by atoms with E-state index in [0.717, 1.165) is 6.08 Å². The molecule has 0 amide bonds. The molecule has 2 aromatic rings. The molecule has 2 atom stereocenters. The summed E-state index contributed by atoms with van der Waals surface area (Å²) in [4.78, 5) is 24.8. The number of benzene rings is 1. The third kappa shape index (κ3) is 3.32. The molecule has 4 N–H and O–H groups in total. The molecule has 1 aromatic heterocycles. The maximum atomic E-state index is 12.4. The number of carbonyl (C=O) groups is 1. The molecule has 0 aliphatic heterocycles. The van der Waals surface area contributed by atoms with Crippen molar-refractivity contribution in [2.45, 2.75) is 26.2 Å². The van der Waals surface area contributed by atoms with Crippen LogP contribution in [0.15, 0.2) is 40.8 Å². The van der Waals surface area contributed by atoms with Gasteiger partial charge in [-0.2, -0.15) is 0 Å². The largest absolute Gasteiger partial charge is 0.506 e. The number of allylic oxidation sites excluding steroid dienone is 2. The highest BCUT2D eigenvalue weighted by Crippen LogP contribution is 2.26. The number of aliphatic hydroxyl groups excluding tert-OH is 2. The Balaban J connectivity index is 2.49. The van der Waals surface area contributed by atoms with Crippen LogP contribution in [-0.2, 0) is 7.05 Å². The van der Waals surface area contributed by atoms with Crippen molar-refractivity contribution >= 4 is 16.7 Å². The number of aliphatic hydroxyl groups is 2. The maximum absolute atomic E-state index is 12.4. The minimum absolute atomic E-state index is 0.253. The van der Waals surface area contributed by atoms with Gasteiger partial charge in [-0.1, -0.05) is 12.1 Å². The van der Waals surface area contributed by atoms with Crippen molar-refractivity contribution in [3.05, 3.63) is 52.0 Å². The van der Waals surface area contributed by atoms with Crippen molar-refractivity contribution in [2.24, 2.45) is 7.05 Å². The van der Waals surface area contributed by atoms with E-state index in [-0.39, 0.29) is 17.0 Å². The second kappa shape index (κ2) is 6.86. The van der Waals surface area contributed by atoms with Gasteiger partial charge in [0.15, 0.2) is 5.78 Å². The minimum atomic E-state index is -1.25. The number of nitrogens with zero attached hydrogens (tertiary/aromatic N) is 1. The van der Waals surface area contributed by atoms with E-state index in [0.29, 0.717) is 10.9 Å². The molecule has 2 rings (SSSR count). The summed E-state index contributed by atoms with van der Waals surface area (Å²) in [5.41, 5.74) is -0.192. The highest BCUT2D eigenvalue weighted by atomic mass is 16.3. The van der Waals surface area contributed by atoms with E-state index in [1.165, 1.54) is 25.5 Å². The number of ketones is 1. The number of carbonyl (C=O) groups excluding carboxylic acids is 1. The normalized spacial score (nSPS) is 14.5. The average Bonchev–Trinajstić information content (AvgIpc) is 2.52. The van der Waals surface area contributed by atoms with Gasteiger partial charge in [0.1, 0.15) is 17.5 Å². The van der Waals surface area contributed by atoms with Crippen LogP contribution in [0.2, 0.25) is 0 Å². The van der Waals surface area contributed by atoms with E-state index in [9.17, 15) is 24.9 Å². The Morgan fingerprint density at radius 3 is 2.54 bits per heavy atom. The number of rotatable bonds is 5. The standard InChI is InChI=1S/C17H20N2O5/c1-9(18-16(23)10(2)20)8-13(21)14-15(22)11-6-4-5-7-12(11)19(3)17(14)24/h4-8,10,16,18,20,22-23H,1-3H3. The van der Waals surface area contributed by atoms with Gasteiger partial charge in [-0.15, -0.1) is 0 Å². The van der Waals surface area contributed by atoms with Gasteiger partial charge in [-0.3, -0.25) is 9.59 Å². The predicted octanol–water partition coefficient (Wildman–Crippen LogP) is 0.619. The molecule has 0 aliphatic rings. The van der Waals surface area contributed by atoms with Crippen LogP contribution in [0, 0.1) is 0 Å². The monoisotopic (exact) mass is 332 g/mol. The van der Waals surface area contributed by atoms with E-state index in [4.69, 9.17) is 0 Å². The van der Waals surface area contributed by atoms with Crippen LogP contribution in [0.3, 0.4) is 0 Å². The lowest BCUT2D eigenvalue weighted by atomic mass is 10.1. The molecule has 0 spiro atoms. The summed E-state index contributed by atoms with van der Waals surface area (Å²) >= 11 is 0. The second-order valence-corrected chi connectivity index (χ2v) is 5.63. The fourth-order valence-electron chi connectivity index (χ4n) is 2.37. The van der Waals surface area contributed by atoms with Gasteiger partial charge < -0.3 is 25.2 Å². The second-order valence-electron chi connectivity index (χ2n) is 5.63. The summed E-state index contributed by atoms with van der Waals surface area (Å²) < 4.78 is 1.30. The molecule has 2 unspecified atom stereocenters. The van der Waals surface area contributed by atoms with Crippen molar-refractivity contribution in [3.63, 3.8) is 0 Å². The van der Waals surface area contributed by atoms with E-state index in [1.807, 2.05) is 0 Å². The molecule has 7 nitrogen and oxygen atoms in total. The number of hydrogen-bond donors (Lipinski definition) is 4. The third-order valence-corrected chi connectivity index (χ3v) is 3.70. The first-order valence-corrected chi connectivity index (χ1v) is 7.40. The predicted molar refractivity (Wildman–Crippen MR) is 89.8 cm³/mol. The van der Waals surface area contributed by atoms with Crippen molar-refractivity contribution in [2.75, 3.05) is 0 Å². The molecule has 0 saturated heterocycles. The molecule has 7 heteroatoms. The molecule has 24 heavy (non-hydrogen) atoms. The van der Waals surface area contributed by atoms with Crippen LogP contribution in [0.25, 0.3) is 10.9 Å². The van der Waals surface area contributed by atoms with Crippen molar-refractivity contribution in [1.29, 1.82) is 0 Å². The Morgan fingerprint density at radius 1 is 1.29 bits per heavy atom. The summed E-state index contributed by atoms with van der Waals surface area (Å²) in [5.74, 6) is -1.07. The molecule has 0 bridgehead atoms. The van der Waals surface area contributed by atoms with E-state index in [1.54, 1.807) is 24.3 Å². The Bertz CT molecular complexity index is 867. The number of hydrogen-bond acceptors (Lipinski definition) is 6. The van der Waals surface area contributed by atoms with Crippen LogP contribution in [0.1, 0.15) is 24.2 Å². The van der Waals surface area contributed by atoms with Crippen molar-refractivity contribution < 1.29 is 20.1 Å². The lowest BCUT2D eigenvalue weighted by molar-refractivity contribution is 0.0159. The fraction of sp³-hybridized carbons (Fsp3) is 0.294. The molecule has 1 heterocycles. The smallest absolute Gasteiger partial charge is 0.265 e. The summed E-state index contributed by atoms with van der Waals surface area (Å²) in [5, 5.41) is 32.0. The number of nitrogens with one attached hydrogen (secondary N) is 1. The molecule has 0 radical (unpaired) electrons. The van der Waals surface area contributed by atoms with Gasteiger partial charge in [0.25, 0.3) is 5.56 Å². The zero-order valence-corrected chi connectivity index (χ0v) is 13.6. The molecule has 1 aromatic carbocycles. The number of para-hydroxylation sites is 1. The lowest BCUT2D eigenvalue weighted by Crippen LogP contribution is -2.37. The van der Waals surface area contributed by atoms with Gasteiger partial charge in [0, 0.05) is 24.2 Å². The number of pyridine rings is 1. The summed E-state index contributed by atoms with van der Waals surface area (Å²) in [6.45, 7) is 2.89. The van der Waals surface area contributed by atoms with Gasteiger partial charge in [-0.05, 0) is 26.0 Å². The summed E-state index contributed by atoms with van der Waals surface area (Å²) in [7, 11) is 1.52. The number of aromatic hydroxyl groups is 1. The molecule has 0 saturated carbocycles. The number of aryl methyl sites for hydroxylation is 1. The molecule has 0 aliphatic carbocycles. The Kier molecular flexibility index (Phi) is 5.06. The van der Waals surface area contributed by atoms with E-state index < -0.39 is 23.7 Å². The Hall–Kier alpha value is -2.64. The van der Waals surface area contributed by atoms with Gasteiger partial charge >= 0.3 is 0 Å². The van der Waals surface area contributed by atoms with Crippen LogP contribution in [0.5, 0.6) is 5.75 Å². The quantitative estimate of drug-likeness (QED) is 0.363. The highest BCUT2D eigenvalue weighted by Gasteiger charge is 2.20. The first-order chi connectivity index (χ1) is 11.2. The summed E-state index contributed by atoms with van der Waals surface area (Å²) in [6, 6.07) is 6.72. The zero-order chi connectivity index (χ0) is 18.0. The highest BCUT2D eigenvalue weighted by molar-refractivity contribution is 6.09. The number of fused-ring (bicyclic) bond motifs is 1. The molecular weight excluding hydrogens is 312 g/mol. The third-order valence-electron chi connectivity index (χ3n) is 3.70. The van der Waals surface area contributed by atoms with E-state index in [2.05, 4.69) is 5.32 Å². The first kappa shape index (κ1) is 17.7. The van der Waals surface area contributed by atoms with Gasteiger partial charge in [-0.25, -0.2) is 0 Å². The average molecular weight is 332 g/mol. The van der Waals surface area contributed by atoms with Crippen LogP contribution in [0.4, 0.5) is 0 Å². The molecular formula is C17H20N2O5. The minimum Gasteiger partial charge on any atom is -0.506 e. The first-order valence-electron chi connectivity index (χ1n) is 7.40. The van der Waals surface area contributed by atoms with Gasteiger partial charge in [0.2, 0.25) is 0 Å². The Morgan fingerprint density at radius 2 is 1.92 bits per heavy atom.